The Balaban J connectivity index is 2.41. The number of hydrogen-bond donors (Lipinski definition) is 0. The number of alkyl halides is 1. The van der Waals surface area contributed by atoms with Gasteiger partial charge >= 0.3 is 0 Å². The summed E-state index contributed by atoms with van der Waals surface area (Å²) in [4.78, 5) is 0. The topological polar surface area (TPSA) is 0 Å². The lowest BCUT2D eigenvalue weighted by molar-refractivity contribution is 1.26. The van der Waals surface area contributed by atoms with Gasteiger partial charge in [0.1, 0.15) is 0 Å². The highest BCUT2D eigenvalue weighted by Crippen LogP contribution is 2.01. The summed E-state index contributed by atoms with van der Waals surface area (Å²) in [6, 6.07) is 10.3. The summed E-state index contributed by atoms with van der Waals surface area (Å²) in [6.45, 7) is 0. The lowest BCUT2D eigenvalue weighted by Gasteiger charge is -1.88. The van der Waals surface area contributed by atoms with E-state index in [1.165, 1.54) is 5.56 Å². The van der Waals surface area contributed by atoms with E-state index in [-0.39, 0.29) is 0 Å². The number of rotatable bonds is 4. The van der Waals surface area contributed by atoms with Crippen molar-refractivity contribution in [1.29, 1.82) is 0 Å². The molecule has 0 spiro atoms. The van der Waals surface area contributed by atoms with Crippen molar-refractivity contribution in [3.8, 4) is 0 Å². The predicted octanol–water partition coefficient (Wildman–Crippen LogP) is 4.04. The summed E-state index contributed by atoms with van der Waals surface area (Å²) in [5, 5.41) is 1.03. The normalized spacial score (nSPS) is 11.5. The Hall–Kier alpha value is -0.820. The highest BCUT2D eigenvalue weighted by atomic mass is 79.9. The number of benzene rings is 1. The van der Waals surface area contributed by atoms with Gasteiger partial charge in [0.05, 0.1) is 0 Å². The molecule has 0 aliphatic rings. The van der Waals surface area contributed by atoms with Crippen LogP contribution in [-0.4, -0.2) is 5.33 Å². The van der Waals surface area contributed by atoms with Crippen LogP contribution in [0.2, 0.25) is 0 Å². The molecule has 0 saturated carbocycles. The third-order valence-electron chi connectivity index (χ3n) is 1.61. The van der Waals surface area contributed by atoms with Crippen molar-refractivity contribution >= 4 is 22.0 Å². The monoisotopic (exact) mass is 236 g/mol. The van der Waals surface area contributed by atoms with Gasteiger partial charge in [-0.05, 0) is 12.0 Å². The molecule has 0 aliphatic carbocycles. The molecule has 0 saturated heterocycles. The predicted molar refractivity (Wildman–Crippen MR) is 63.0 cm³/mol. The highest BCUT2D eigenvalue weighted by Gasteiger charge is 1.79. The van der Waals surface area contributed by atoms with Crippen LogP contribution in [0.25, 0.3) is 6.08 Å². The molecule has 0 bridgehead atoms. The Morgan fingerprint density at radius 1 is 1.08 bits per heavy atom. The lowest BCUT2D eigenvalue weighted by atomic mass is 10.2. The van der Waals surface area contributed by atoms with Crippen LogP contribution in [0.5, 0.6) is 0 Å². The van der Waals surface area contributed by atoms with Crippen LogP contribution in [-0.2, 0) is 0 Å². The van der Waals surface area contributed by atoms with E-state index in [1.54, 1.807) is 0 Å². The van der Waals surface area contributed by atoms with Crippen molar-refractivity contribution in [3.05, 3.63) is 54.1 Å². The largest absolute Gasteiger partial charge is 0.0925 e. The molecule has 1 aromatic carbocycles. The van der Waals surface area contributed by atoms with Crippen LogP contribution in [0.4, 0.5) is 0 Å². The first kappa shape index (κ1) is 10.3. The Morgan fingerprint density at radius 3 is 2.54 bits per heavy atom. The van der Waals surface area contributed by atoms with Gasteiger partial charge in [-0.25, -0.2) is 0 Å². The second-order valence-corrected chi connectivity index (χ2v) is 3.47. The Bertz CT molecular complexity index is 272. The van der Waals surface area contributed by atoms with Gasteiger partial charge in [0.15, 0.2) is 0 Å². The summed E-state index contributed by atoms with van der Waals surface area (Å²) in [6.07, 6.45) is 9.48. The summed E-state index contributed by atoms with van der Waals surface area (Å²) in [7, 11) is 0. The van der Waals surface area contributed by atoms with E-state index < -0.39 is 0 Å². The Kier molecular flexibility index (Phi) is 5.27. The zero-order valence-corrected chi connectivity index (χ0v) is 9.07. The molecule has 0 radical (unpaired) electrons. The van der Waals surface area contributed by atoms with Gasteiger partial charge in [-0.15, -0.1) is 0 Å². The fraction of sp³-hybridized carbons (Fsp3) is 0.167. The second kappa shape index (κ2) is 6.67. The van der Waals surface area contributed by atoms with Gasteiger partial charge in [-0.3, -0.25) is 0 Å². The van der Waals surface area contributed by atoms with E-state index in [9.17, 15) is 0 Å². The van der Waals surface area contributed by atoms with E-state index in [0.29, 0.717) is 0 Å². The minimum Gasteiger partial charge on any atom is -0.0925 e. The average molecular weight is 237 g/mol. The first-order valence-corrected chi connectivity index (χ1v) is 5.50. The molecule has 68 valence electrons. The molecular formula is C12H13Br. The maximum atomic E-state index is 3.37. The van der Waals surface area contributed by atoms with E-state index in [0.717, 1.165) is 11.8 Å². The number of allylic oxidation sites excluding steroid dienone is 3. The highest BCUT2D eigenvalue weighted by molar-refractivity contribution is 9.09. The van der Waals surface area contributed by atoms with Crippen LogP contribution < -0.4 is 0 Å². The molecule has 0 fully saturated rings. The molecule has 0 heterocycles. The minimum absolute atomic E-state index is 1.03. The fourth-order valence-electron chi connectivity index (χ4n) is 0.969. The van der Waals surface area contributed by atoms with Crippen LogP contribution in [0.15, 0.2) is 48.6 Å². The fourth-order valence-corrected chi connectivity index (χ4v) is 1.23. The molecule has 0 amide bonds. The first-order chi connectivity index (χ1) is 6.43. The SMILES string of the molecule is BrCC/C=C/C=C/c1ccccc1. The van der Waals surface area contributed by atoms with Crippen molar-refractivity contribution in [2.75, 3.05) is 5.33 Å². The Labute approximate surface area is 88.1 Å². The van der Waals surface area contributed by atoms with E-state index in [4.69, 9.17) is 0 Å². The van der Waals surface area contributed by atoms with Crippen LogP contribution in [0, 0.1) is 0 Å². The van der Waals surface area contributed by atoms with Crippen molar-refractivity contribution in [2.45, 2.75) is 6.42 Å². The molecule has 1 aromatic rings. The molecule has 1 rings (SSSR count). The second-order valence-electron chi connectivity index (χ2n) is 2.68. The van der Waals surface area contributed by atoms with Crippen molar-refractivity contribution in [1.82, 2.24) is 0 Å². The standard InChI is InChI=1S/C12H13Br/c13-11-7-2-1-4-8-12-9-5-3-6-10-12/h1-6,8-10H,7,11H2/b2-1+,8-4+. The summed E-state index contributed by atoms with van der Waals surface area (Å²) >= 11 is 3.37. The maximum absolute atomic E-state index is 3.37. The lowest BCUT2D eigenvalue weighted by Crippen LogP contribution is -1.67. The molecule has 0 aromatic heterocycles. The number of hydrogen-bond acceptors (Lipinski definition) is 0. The summed E-state index contributed by atoms with van der Waals surface area (Å²) in [5.41, 5.74) is 1.24. The quantitative estimate of drug-likeness (QED) is 0.547. The third kappa shape index (κ3) is 4.69. The average Bonchev–Trinajstić information content (AvgIpc) is 2.19. The molecule has 0 unspecified atom stereocenters. The zero-order chi connectivity index (χ0) is 9.36. The van der Waals surface area contributed by atoms with Gasteiger partial charge < -0.3 is 0 Å². The van der Waals surface area contributed by atoms with Crippen LogP contribution >= 0.6 is 15.9 Å². The van der Waals surface area contributed by atoms with Gasteiger partial charge in [0, 0.05) is 5.33 Å². The van der Waals surface area contributed by atoms with Gasteiger partial charge in [-0.1, -0.05) is 70.6 Å². The van der Waals surface area contributed by atoms with Gasteiger partial charge in [0.2, 0.25) is 0 Å². The minimum atomic E-state index is 1.03. The van der Waals surface area contributed by atoms with Crippen LogP contribution in [0.3, 0.4) is 0 Å². The third-order valence-corrected chi connectivity index (χ3v) is 2.07. The molecule has 0 atom stereocenters. The molecular weight excluding hydrogens is 224 g/mol. The molecule has 1 heteroatoms. The van der Waals surface area contributed by atoms with Crippen molar-refractivity contribution < 1.29 is 0 Å². The molecule has 13 heavy (non-hydrogen) atoms. The summed E-state index contributed by atoms with van der Waals surface area (Å²) in [5.74, 6) is 0. The van der Waals surface area contributed by atoms with E-state index in [1.807, 2.05) is 18.2 Å². The van der Waals surface area contributed by atoms with Crippen LogP contribution in [0.1, 0.15) is 12.0 Å². The summed E-state index contributed by atoms with van der Waals surface area (Å²) < 4.78 is 0. The zero-order valence-electron chi connectivity index (χ0n) is 7.49. The van der Waals surface area contributed by atoms with E-state index >= 15 is 0 Å². The van der Waals surface area contributed by atoms with Gasteiger partial charge in [-0.2, -0.15) is 0 Å². The van der Waals surface area contributed by atoms with Gasteiger partial charge in [0.25, 0.3) is 0 Å². The number of halogens is 1. The first-order valence-electron chi connectivity index (χ1n) is 4.37. The molecule has 0 nitrogen and oxygen atoms in total. The smallest absolute Gasteiger partial charge is 0.00660 e. The van der Waals surface area contributed by atoms with E-state index in [2.05, 4.69) is 52.4 Å². The van der Waals surface area contributed by atoms with Crippen molar-refractivity contribution in [3.63, 3.8) is 0 Å². The Morgan fingerprint density at radius 2 is 1.85 bits per heavy atom. The van der Waals surface area contributed by atoms with Crippen molar-refractivity contribution in [2.24, 2.45) is 0 Å². The molecule has 0 N–H and O–H groups in total. The molecule has 0 aliphatic heterocycles. The maximum Gasteiger partial charge on any atom is 0.00660 e.